The number of nitrogens with one attached hydrogen (secondary N) is 2. The summed E-state index contributed by atoms with van der Waals surface area (Å²) in [4.78, 5) is 38.5. The topological polar surface area (TPSA) is 108 Å². The smallest absolute Gasteiger partial charge is 0.311 e. The van der Waals surface area contributed by atoms with Crippen LogP contribution in [0.2, 0.25) is 0 Å². The lowest BCUT2D eigenvalue weighted by atomic mass is 9.95. The second-order valence-electron chi connectivity index (χ2n) is 7.47. The van der Waals surface area contributed by atoms with Crippen molar-refractivity contribution >= 4 is 29.4 Å². The number of carbonyl (C=O) groups excluding carboxylic acids is 2. The van der Waals surface area contributed by atoms with Crippen LogP contribution in [0.1, 0.15) is 19.4 Å². The number of urea groups is 1. The molecule has 0 radical (unpaired) electrons. The average Bonchev–Trinajstić information content (AvgIpc) is 2.68. The Labute approximate surface area is 168 Å². The van der Waals surface area contributed by atoms with Crippen LogP contribution in [0.5, 0.6) is 0 Å². The summed E-state index contributed by atoms with van der Waals surface area (Å²) in [6, 6.07) is 6.18. The third-order valence-corrected chi connectivity index (χ3v) is 6.49. The number of thioether (sulfide) groups is 1. The summed E-state index contributed by atoms with van der Waals surface area (Å²) in [6.07, 6.45) is -0.456. The van der Waals surface area contributed by atoms with Crippen LogP contribution in [0.15, 0.2) is 24.3 Å². The van der Waals surface area contributed by atoms with Crippen molar-refractivity contribution in [2.45, 2.75) is 37.3 Å². The summed E-state index contributed by atoms with van der Waals surface area (Å²) >= 11 is 1.53. The molecular weight excluding hydrogens is 382 g/mol. The number of nitrogens with zero attached hydrogens (tertiary/aromatic N) is 3. The summed E-state index contributed by atoms with van der Waals surface area (Å²) in [6.45, 7) is 4.12. The Bertz CT molecular complexity index is 789. The van der Waals surface area contributed by atoms with Crippen LogP contribution in [-0.4, -0.2) is 58.5 Å². The van der Waals surface area contributed by atoms with E-state index in [1.54, 1.807) is 24.1 Å². The zero-order valence-corrected chi connectivity index (χ0v) is 17.1. The van der Waals surface area contributed by atoms with Crippen molar-refractivity contribution in [3.8, 4) is 0 Å². The number of hydrogen-bond donors (Lipinski definition) is 2. The Balaban J connectivity index is 1.82. The molecule has 2 heterocycles. The second kappa shape index (κ2) is 8.06. The molecule has 3 rings (SSSR count). The van der Waals surface area contributed by atoms with E-state index in [1.807, 2.05) is 6.07 Å². The van der Waals surface area contributed by atoms with Crippen LogP contribution >= 0.6 is 11.8 Å². The van der Waals surface area contributed by atoms with Gasteiger partial charge in [-0.15, -0.1) is 11.8 Å². The number of carbonyl (C=O) groups is 2. The van der Waals surface area contributed by atoms with E-state index in [2.05, 4.69) is 24.5 Å². The molecule has 0 saturated carbocycles. The highest BCUT2D eigenvalue weighted by Crippen LogP contribution is 2.34. The Morgan fingerprint density at radius 1 is 1.25 bits per heavy atom. The van der Waals surface area contributed by atoms with E-state index in [9.17, 15) is 19.7 Å². The van der Waals surface area contributed by atoms with Gasteiger partial charge in [0.15, 0.2) is 0 Å². The summed E-state index contributed by atoms with van der Waals surface area (Å²) in [5.41, 5.74) is 0.867. The second-order valence-corrected chi connectivity index (χ2v) is 8.60. The third kappa shape index (κ3) is 3.85. The lowest BCUT2D eigenvalue weighted by Crippen LogP contribution is -2.75. The lowest BCUT2D eigenvalue weighted by Gasteiger charge is -2.51. The molecule has 28 heavy (non-hydrogen) atoms. The number of benzene rings is 1. The first-order valence-corrected chi connectivity index (χ1v) is 10.2. The highest BCUT2D eigenvalue weighted by Gasteiger charge is 2.51. The number of non-ortho nitro benzene ring substituents is 1. The van der Waals surface area contributed by atoms with Crippen molar-refractivity contribution in [3.63, 3.8) is 0 Å². The van der Waals surface area contributed by atoms with E-state index < -0.39 is 17.0 Å². The molecule has 10 heteroatoms. The molecule has 9 nitrogen and oxygen atoms in total. The van der Waals surface area contributed by atoms with Gasteiger partial charge < -0.3 is 4.90 Å². The van der Waals surface area contributed by atoms with Gasteiger partial charge in [-0.05, 0) is 11.5 Å². The highest BCUT2D eigenvalue weighted by molar-refractivity contribution is 7.99. The number of fused-ring (bicyclic) bond motifs is 1. The minimum Gasteiger partial charge on any atom is -0.311 e. The Kier molecular flexibility index (Phi) is 5.92. The van der Waals surface area contributed by atoms with Gasteiger partial charge in [0.2, 0.25) is 5.91 Å². The molecule has 0 aliphatic carbocycles. The molecule has 1 aromatic rings. The largest absolute Gasteiger partial charge is 0.327 e. The van der Waals surface area contributed by atoms with Crippen molar-refractivity contribution in [2.24, 2.45) is 11.8 Å². The molecule has 2 aliphatic rings. The number of amides is 3. The van der Waals surface area contributed by atoms with Crippen molar-refractivity contribution in [2.75, 3.05) is 14.1 Å². The number of nitro benzene ring substituents is 1. The maximum atomic E-state index is 12.9. The Morgan fingerprint density at radius 3 is 2.61 bits per heavy atom. The number of hydrogen-bond acceptors (Lipinski definition) is 7. The zero-order chi connectivity index (χ0) is 20.6. The lowest BCUT2D eigenvalue weighted by molar-refractivity contribution is -0.384. The van der Waals surface area contributed by atoms with Gasteiger partial charge in [0.25, 0.3) is 5.69 Å². The summed E-state index contributed by atoms with van der Waals surface area (Å²) in [5, 5.41) is 17.6. The summed E-state index contributed by atoms with van der Waals surface area (Å²) < 4.78 is 0. The van der Waals surface area contributed by atoms with Crippen molar-refractivity contribution < 1.29 is 14.5 Å². The van der Waals surface area contributed by atoms with Crippen LogP contribution in [-0.2, 0) is 10.5 Å². The average molecular weight is 407 g/mol. The van der Waals surface area contributed by atoms with Gasteiger partial charge >= 0.3 is 6.03 Å². The third-order valence-electron chi connectivity index (χ3n) is 5.20. The predicted molar refractivity (Wildman–Crippen MR) is 106 cm³/mol. The van der Waals surface area contributed by atoms with E-state index in [1.165, 1.54) is 24.9 Å². The monoisotopic (exact) mass is 407 g/mol. The minimum absolute atomic E-state index is 0.0492. The molecule has 4 atom stereocenters. The number of rotatable bonds is 5. The van der Waals surface area contributed by atoms with Gasteiger partial charge in [-0.2, -0.15) is 0 Å². The molecule has 0 spiro atoms. The molecule has 4 unspecified atom stereocenters. The summed E-state index contributed by atoms with van der Waals surface area (Å²) in [7, 11) is 3.19. The fourth-order valence-electron chi connectivity index (χ4n) is 3.56. The van der Waals surface area contributed by atoms with Gasteiger partial charge in [0.1, 0.15) is 0 Å². The van der Waals surface area contributed by atoms with Gasteiger partial charge in [0.05, 0.1) is 28.5 Å². The SMILES string of the molecule is CC(C)C1NC(SCc2cccc([N+](=O)[O-])c2)C2C(=O)N(C)C(=O)N(C)C2N1. The Hall–Kier alpha value is -2.17. The molecule has 2 N–H and O–H groups in total. The molecular formula is C18H25N5O4S. The minimum atomic E-state index is -0.452. The van der Waals surface area contributed by atoms with Gasteiger partial charge in [-0.25, -0.2) is 4.79 Å². The first-order chi connectivity index (χ1) is 13.2. The molecule has 1 aromatic carbocycles. The van der Waals surface area contributed by atoms with E-state index in [0.29, 0.717) is 5.75 Å². The fourth-order valence-corrected chi connectivity index (χ4v) is 4.82. The zero-order valence-electron chi connectivity index (χ0n) is 16.3. The van der Waals surface area contributed by atoms with Crippen LogP contribution in [0.25, 0.3) is 0 Å². The van der Waals surface area contributed by atoms with E-state index in [0.717, 1.165) is 10.5 Å². The van der Waals surface area contributed by atoms with Crippen molar-refractivity contribution in [1.29, 1.82) is 0 Å². The normalized spacial score (nSPS) is 27.9. The van der Waals surface area contributed by atoms with E-state index in [4.69, 9.17) is 0 Å². The van der Waals surface area contributed by atoms with Gasteiger partial charge in [-0.1, -0.05) is 26.0 Å². The first-order valence-electron chi connectivity index (χ1n) is 9.12. The van der Waals surface area contributed by atoms with Crippen LogP contribution in [0.4, 0.5) is 10.5 Å². The number of nitro groups is 1. The van der Waals surface area contributed by atoms with E-state index >= 15 is 0 Å². The maximum absolute atomic E-state index is 12.9. The molecule has 0 bridgehead atoms. The first kappa shape index (κ1) is 20.6. The fraction of sp³-hybridized carbons (Fsp3) is 0.556. The molecule has 152 valence electrons. The van der Waals surface area contributed by atoms with Crippen LogP contribution < -0.4 is 10.6 Å². The standard InChI is InChI=1S/C18H25N5O4S/c1-10(2)14-19-15-13(17(24)22(4)18(25)21(15)3)16(20-14)28-9-11-6-5-7-12(8-11)23(26)27/h5-8,10,13-16,19-20H,9H2,1-4H3. The molecule has 2 fully saturated rings. The van der Waals surface area contributed by atoms with Crippen molar-refractivity contribution in [1.82, 2.24) is 20.4 Å². The van der Waals surface area contributed by atoms with Gasteiger partial charge in [-0.3, -0.25) is 30.4 Å². The predicted octanol–water partition coefficient (Wildman–Crippen LogP) is 1.80. The van der Waals surface area contributed by atoms with Crippen LogP contribution in [0, 0.1) is 22.0 Å². The highest BCUT2D eigenvalue weighted by atomic mass is 32.2. The quantitative estimate of drug-likeness (QED) is 0.566. The molecule has 3 amide bonds. The van der Waals surface area contributed by atoms with E-state index in [-0.39, 0.29) is 35.1 Å². The maximum Gasteiger partial charge on any atom is 0.327 e. The summed E-state index contributed by atoms with van der Waals surface area (Å²) in [5.74, 6) is 0.0838. The molecule has 2 aliphatic heterocycles. The van der Waals surface area contributed by atoms with Crippen molar-refractivity contribution in [3.05, 3.63) is 39.9 Å². The van der Waals surface area contributed by atoms with Crippen LogP contribution in [0.3, 0.4) is 0 Å². The molecule has 2 saturated heterocycles. The Morgan fingerprint density at radius 2 is 1.96 bits per heavy atom. The van der Waals surface area contributed by atoms with Gasteiger partial charge in [0, 0.05) is 32.0 Å². The molecule has 0 aromatic heterocycles. The number of imide groups is 1.